The molecule has 9 heavy (non-hydrogen) atoms. The summed E-state index contributed by atoms with van der Waals surface area (Å²) in [6.07, 6.45) is 0. The molecule has 0 radical (unpaired) electrons. The van der Waals surface area contributed by atoms with Gasteiger partial charge in [0.15, 0.2) is 0 Å². The average molecular weight is 129 g/mol. The molecule has 0 unspecified atom stereocenters. The SMILES string of the molecule is C=C(CN)C(=O)N(C)N. The number of hydrogen-bond donors (Lipinski definition) is 2. The molecule has 0 aromatic carbocycles. The maximum Gasteiger partial charge on any atom is 0.264 e. The molecule has 0 fully saturated rings. The van der Waals surface area contributed by atoms with Crippen molar-refractivity contribution in [3.63, 3.8) is 0 Å². The fourth-order valence-corrected chi connectivity index (χ4v) is 0.337. The molecule has 0 spiro atoms. The van der Waals surface area contributed by atoms with Crippen LogP contribution in [0.15, 0.2) is 12.2 Å². The molecule has 0 saturated heterocycles. The zero-order valence-electron chi connectivity index (χ0n) is 5.42. The third-order valence-corrected chi connectivity index (χ3v) is 0.869. The fourth-order valence-electron chi connectivity index (χ4n) is 0.337. The van der Waals surface area contributed by atoms with Crippen LogP contribution >= 0.6 is 0 Å². The molecule has 0 heterocycles. The van der Waals surface area contributed by atoms with E-state index in [0.717, 1.165) is 5.01 Å². The van der Waals surface area contributed by atoms with Crippen molar-refractivity contribution in [2.45, 2.75) is 0 Å². The van der Waals surface area contributed by atoms with Crippen LogP contribution in [-0.2, 0) is 4.79 Å². The van der Waals surface area contributed by atoms with Crippen molar-refractivity contribution in [3.05, 3.63) is 12.2 Å². The first kappa shape index (κ1) is 8.13. The lowest BCUT2D eigenvalue weighted by molar-refractivity contribution is -0.126. The van der Waals surface area contributed by atoms with Crippen molar-refractivity contribution >= 4 is 5.91 Å². The van der Waals surface area contributed by atoms with Crippen LogP contribution in [0.3, 0.4) is 0 Å². The Bertz CT molecular complexity index is 130. The van der Waals surface area contributed by atoms with Gasteiger partial charge < -0.3 is 5.73 Å². The van der Waals surface area contributed by atoms with E-state index in [1.54, 1.807) is 0 Å². The highest BCUT2D eigenvalue weighted by molar-refractivity contribution is 5.92. The largest absolute Gasteiger partial charge is 0.326 e. The standard InChI is InChI=1S/C5H11N3O/c1-4(3-6)5(9)8(2)7/h1,3,6-7H2,2H3. The Labute approximate surface area is 54.1 Å². The number of likely N-dealkylation sites (N-methyl/N-ethyl adjacent to an activating group) is 1. The molecule has 4 nitrogen and oxygen atoms in total. The number of hydrazine groups is 1. The lowest BCUT2D eigenvalue weighted by Crippen LogP contribution is -2.35. The number of rotatable bonds is 2. The predicted molar refractivity (Wildman–Crippen MR) is 35.2 cm³/mol. The average Bonchev–Trinajstić information content (AvgIpc) is 1.84. The lowest BCUT2D eigenvalue weighted by Gasteiger charge is -2.09. The highest BCUT2D eigenvalue weighted by Gasteiger charge is 2.05. The van der Waals surface area contributed by atoms with E-state index in [0.29, 0.717) is 5.57 Å². The van der Waals surface area contributed by atoms with Crippen LogP contribution < -0.4 is 11.6 Å². The molecule has 0 aliphatic heterocycles. The quantitative estimate of drug-likeness (QED) is 0.214. The van der Waals surface area contributed by atoms with E-state index in [2.05, 4.69) is 6.58 Å². The van der Waals surface area contributed by atoms with Gasteiger partial charge in [0.1, 0.15) is 0 Å². The Kier molecular flexibility index (Phi) is 2.90. The van der Waals surface area contributed by atoms with Crippen LogP contribution in [-0.4, -0.2) is 24.5 Å². The zero-order chi connectivity index (χ0) is 7.44. The van der Waals surface area contributed by atoms with Gasteiger partial charge in [0.05, 0.1) is 0 Å². The molecule has 0 bridgehead atoms. The van der Waals surface area contributed by atoms with Gasteiger partial charge in [-0.1, -0.05) is 6.58 Å². The van der Waals surface area contributed by atoms with Crippen molar-refractivity contribution in [1.29, 1.82) is 0 Å². The summed E-state index contributed by atoms with van der Waals surface area (Å²) in [5.74, 6) is 4.76. The van der Waals surface area contributed by atoms with Gasteiger partial charge in [-0.25, -0.2) is 5.84 Å². The summed E-state index contributed by atoms with van der Waals surface area (Å²) < 4.78 is 0. The van der Waals surface area contributed by atoms with E-state index < -0.39 is 0 Å². The summed E-state index contributed by atoms with van der Waals surface area (Å²) >= 11 is 0. The molecule has 0 aromatic heterocycles. The van der Waals surface area contributed by atoms with Crippen molar-refractivity contribution in [2.24, 2.45) is 11.6 Å². The van der Waals surface area contributed by atoms with Gasteiger partial charge in [0.25, 0.3) is 5.91 Å². The van der Waals surface area contributed by atoms with Crippen molar-refractivity contribution in [3.8, 4) is 0 Å². The summed E-state index contributed by atoms with van der Waals surface area (Å²) in [4.78, 5) is 10.7. The topological polar surface area (TPSA) is 72.4 Å². The highest BCUT2D eigenvalue weighted by Crippen LogP contribution is 1.88. The number of nitrogens with two attached hydrogens (primary N) is 2. The monoisotopic (exact) mass is 129 g/mol. The van der Waals surface area contributed by atoms with Crippen LogP contribution in [0.5, 0.6) is 0 Å². The number of carbonyl (C=O) groups excluding carboxylic acids is 1. The minimum Gasteiger partial charge on any atom is -0.326 e. The van der Waals surface area contributed by atoms with Gasteiger partial charge in [-0.2, -0.15) is 0 Å². The van der Waals surface area contributed by atoms with Crippen molar-refractivity contribution < 1.29 is 4.79 Å². The van der Waals surface area contributed by atoms with Gasteiger partial charge >= 0.3 is 0 Å². The summed E-state index contributed by atoms with van der Waals surface area (Å²) in [6.45, 7) is 3.55. The molecule has 52 valence electrons. The molecular formula is C5H11N3O. The van der Waals surface area contributed by atoms with Gasteiger partial charge in [-0.05, 0) is 0 Å². The molecule has 4 N–H and O–H groups in total. The van der Waals surface area contributed by atoms with E-state index in [1.165, 1.54) is 7.05 Å². The normalized spacial score (nSPS) is 8.78. The predicted octanol–water partition coefficient (Wildman–Crippen LogP) is -1.17. The molecule has 1 amide bonds. The Hall–Kier alpha value is -0.870. The molecular weight excluding hydrogens is 118 g/mol. The van der Waals surface area contributed by atoms with E-state index in [9.17, 15) is 4.79 Å². The van der Waals surface area contributed by atoms with E-state index >= 15 is 0 Å². The number of nitrogens with zero attached hydrogens (tertiary/aromatic N) is 1. The summed E-state index contributed by atoms with van der Waals surface area (Å²) in [6, 6.07) is 0. The first-order chi connectivity index (χ1) is 4.09. The Morgan fingerprint density at radius 3 is 2.33 bits per heavy atom. The Morgan fingerprint density at radius 1 is 1.78 bits per heavy atom. The first-order valence-corrected chi connectivity index (χ1v) is 2.50. The van der Waals surface area contributed by atoms with Crippen LogP contribution in [0.25, 0.3) is 0 Å². The minimum atomic E-state index is -0.322. The minimum absolute atomic E-state index is 0.153. The van der Waals surface area contributed by atoms with Gasteiger partial charge in [0, 0.05) is 19.2 Å². The molecule has 0 rings (SSSR count). The van der Waals surface area contributed by atoms with E-state index in [-0.39, 0.29) is 12.5 Å². The van der Waals surface area contributed by atoms with Crippen LogP contribution in [0.1, 0.15) is 0 Å². The van der Waals surface area contributed by atoms with Gasteiger partial charge in [0.2, 0.25) is 0 Å². The van der Waals surface area contributed by atoms with Gasteiger partial charge in [-0.3, -0.25) is 9.80 Å². The van der Waals surface area contributed by atoms with Crippen molar-refractivity contribution in [2.75, 3.05) is 13.6 Å². The van der Waals surface area contributed by atoms with Crippen molar-refractivity contribution in [1.82, 2.24) is 5.01 Å². The summed E-state index contributed by atoms with van der Waals surface area (Å²) in [7, 11) is 1.45. The molecule has 0 aliphatic rings. The zero-order valence-corrected chi connectivity index (χ0v) is 5.42. The summed E-state index contributed by atoms with van der Waals surface area (Å²) in [5.41, 5.74) is 5.43. The smallest absolute Gasteiger partial charge is 0.264 e. The molecule has 4 heteroatoms. The Balaban J connectivity index is 3.89. The third kappa shape index (κ3) is 2.25. The van der Waals surface area contributed by atoms with E-state index in [1.807, 2.05) is 0 Å². The Morgan fingerprint density at radius 2 is 2.22 bits per heavy atom. The second-order valence-electron chi connectivity index (χ2n) is 1.72. The first-order valence-electron chi connectivity index (χ1n) is 2.50. The van der Waals surface area contributed by atoms with E-state index in [4.69, 9.17) is 11.6 Å². The molecule has 0 saturated carbocycles. The fraction of sp³-hybridized carbons (Fsp3) is 0.400. The molecule has 0 aliphatic carbocycles. The maximum atomic E-state index is 10.7. The molecule has 0 aromatic rings. The second-order valence-corrected chi connectivity index (χ2v) is 1.72. The van der Waals surface area contributed by atoms with Crippen LogP contribution in [0, 0.1) is 0 Å². The number of hydrogen-bond acceptors (Lipinski definition) is 3. The van der Waals surface area contributed by atoms with Gasteiger partial charge in [-0.15, -0.1) is 0 Å². The maximum absolute atomic E-state index is 10.7. The second kappa shape index (κ2) is 3.21. The lowest BCUT2D eigenvalue weighted by atomic mass is 10.3. The molecule has 0 atom stereocenters. The number of carbonyl (C=O) groups is 1. The van der Waals surface area contributed by atoms with Crippen LogP contribution in [0.2, 0.25) is 0 Å². The number of amides is 1. The highest BCUT2D eigenvalue weighted by atomic mass is 16.2. The third-order valence-electron chi connectivity index (χ3n) is 0.869. The summed E-state index contributed by atoms with van der Waals surface area (Å²) in [5, 5.41) is 0.954. The van der Waals surface area contributed by atoms with Crippen LogP contribution in [0.4, 0.5) is 0 Å².